The molecule has 0 bridgehead atoms. The molecule has 0 fully saturated rings. The summed E-state index contributed by atoms with van der Waals surface area (Å²) in [7, 11) is 0. The summed E-state index contributed by atoms with van der Waals surface area (Å²) in [5, 5.41) is 14.2. The normalized spacial score (nSPS) is 17.0. The first-order valence-corrected chi connectivity index (χ1v) is 9.79. The molecule has 0 aromatic heterocycles. The fourth-order valence-corrected chi connectivity index (χ4v) is 4.14. The molecule has 3 nitrogen and oxygen atoms in total. The second-order valence-electron chi connectivity index (χ2n) is 6.11. The van der Waals surface area contributed by atoms with Gasteiger partial charge in [-0.25, -0.2) is 0 Å². The number of rotatable bonds is 4. The number of aryl methyl sites for hydroxylation is 1. The largest absolute Gasteiger partial charge is 0.320 e. The van der Waals surface area contributed by atoms with Crippen LogP contribution in [0.3, 0.4) is 0 Å². The Labute approximate surface area is 167 Å². The Morgan fingerprint density at radius 1 is 1.19 bits per heavy atom. The van der Waals surface area contributed by atoms with Crippen LogP contribution in [0.5, 0.6) is 0 Å². The van der Waals surface area contributed by atoms with Crippen molar-refractivity contribution in [2.75, 3.05) is 0 Å². The predicted octanol–water partition coefficient (Wildman–Crippen LogP) is 5.57. The Kier molecular flexibility index (Phi) is 5.93. The molecule has 1 atom stereocenters. The average molecular weight is 403 g/mol. The van der Waals surface area contributed by atoms with Gasteiger partial charge in [-0.15, -0.1) is 11.8 Å². The number of nitrogens with zero attached hydrogens (tertiary/aromatic N) is 1. The summed E-state index contributed by atoms with van der Waals surface area (Å²) in [5.41, 5.74) is 3.69. The van der Waals surface area contributed by atoms with Crippen LogP contribution >= 0.6 is 35.0 Å². The molecule has 3 rings (SSSR count). The SMILES string of the molecule is Cc1ccc([C@H]2CC(=O)NC(SCc3ccc(Cl)c(Cl)c3)=C2C#N)cc1. The number of allylic oxidation sites excluding steroid dienone is 1. The molecule has 0 radical (unpaired) electrons. The molecule has 0 saturated carbocycles. The highest BCUT2D eigenvalue weighted by molar-refractivity contribution is 8.02. The van der Waals surface area contributed by atoms with E-state index in [1.54, 1.807) is 12.1 Å². The molecule has 2 aromatic rings. The fraction of sp³-hybridized carbons (Fsp3) is 0.200. The van der Waals surface area contributed by atoms with Gasteiger partial charge in [-0.2, -0.15) is 5.26 Å². The maximum absolute atomic E-state index is 12.2. The molecule has 2 aromatic carbocycles. The van der Waals surface area contributed by atoms with Gasteiger partial charge in [-0.1, -0.05) is 59.1 Å². The van der Waals surface area contributed by atoms with E-state index in [9.17, 15) is 10.1 Å². The monoisotopic (exact) mass is 402 g/mol. The third kappa shape index (κ3) is 4.24. The van der Waals surface area contributed by atoms with E-state index in [1.807, 2.05) is 37.3 Å². The van der Waals surface area contributed by atoms with Gasteiger partial charge < -0.3 is 5.32 Å². The summed E-state index contributed by atoms with van der Waals surface area (Å²) < 4.78 is 0. The lowest BCUT2D eigenvalue weighted by Crippen LogP contribution is -2.30. The van der Waals surface area contributed by atoms with Gasteiger partial charge in [0.05, 0.1) is 26.7 Å². The van der Waals surface area contributed by atoms with E-state index < -0.39 is 0 Å². The Morgan fingerprint density at radius 2 is 1.92 bits per heavy atom. The zero-order chi connectivity index (χ0) is 18.7. The molecule has 1 heterocycles. The topological polar surface area (TPSA) is 52.9 Å². The van der Waals surface area contributed by atoms with Crippen molar-refractivity contribution in [2.45, 2.75) is 25.0 Å². The summed E-state index contributed by atoms with van der Waals surface area (Å²) in [6.45, 7) is 2.01. The lowest BCUT2D eigenvalue weighted by Gasteiger charge is -2.25. The van der Waals surface area contributed by atoms with E-state index in [4.69, 9.17) is 23.2 Å². The van der Waals surface area contributed by atoms with Crippen LogP contribution in [0.4, 0.5) is 0 Å². The van der Waals surface area contributed by atoms with Gasteiger partial charge in [0.25, 0.3) is 0 Å². The second kappa shape index (κ2) is 8.18. The Morgan fingerprint density at radius 3 is 2.58 bits per heavy atom. The van der Waals surface area contributed by atoms with E-state index in [1.165, 1.54) is 11.8 Å². The molecule has 0 unspecified atom stereocenters. The lowest BCUT2D eigenvalue weighted by atomic mass is 9.87. The van der Waals surface area contributed by atoms with Crippen LogP contribution in [0.1, 0.15) is 29.0 Å². The van der Waals surface area contributed by atoms with E-state index in [0.29, 0.717) is 26.4 Å². The molecule has 1 aliphatic heterocycles. The van der Waals surface area contributed by atoms with E-state index in [0.717, 1.165) is 16.7 Å². The number of nitriles is 1. The number of carbonyl (C=O) groups is 1. The maximum atomic E-state index is 12.2. The molecule has 1 N–H and O–H groups in total. The number of nitrogens with one attached hydrogen (secondary N) is 1. The molecular formula is C20H16Cl2N2OS. The molecule has 0 aliphatic carbocycles. The van der Waals surface area contributed by atoms with Crippen molar-refractivity contribution < 1.29 is 4.79 Å². The first-order chi connectivity index (χ1) is 12.5. The van der Waals surface area contributed by atoms with Crippen LogP contribution in [0, 0.1) is 18.3 Å². The number of amides is 1. The third-order valence-corrected chi connectivity index (χ3v) is 6.03. The Hall–Kier alpha value is -1.93. The van der Waals surface area contributed by atoms with Gasteiger partial charge in [0.1, 0.15) is 0 Å². The van der Waals surface area contributed by atoms with Gasteiger partial charge in [0.2, 0.25) is 5.91 Å². The molecule has 0 saturated heterocycles. The fourth-order valence-electron chi connectivity index (χ4n) is 2.80. The minimum atomic E-state index is -0.217. The molecule has 6 heteroatoms. The molecule has 0 spiro atoms. The third-order valence-electron chi connectivity index (χ3n) is 4.20. The lowest BCUT2D eigenvalue weighted by molar-refractivity contribution is -0.120. The van der Waals surface area contributed by atoms with Gasteiger partial charge in [-0.05, 0) is 30.2 Å². The number of benzene rings is 2. The van der Waals surface area contributed by atoms with Gasteiger partial charge in [0, 0.05) is 18.1 Å². The number of halogens is 2. The van der Waals surface area contributed by atoms with Crippen molar-refractivity contribution in [3.63, 3.8) is 0 Å². The van der Waals surface area contributed by atoms with Crippen LogP contribution in [0.25, 0.3) is 0 Å². The van der Waals surface area contributed by atoms with Crippen molar-refractivity contribution in [2.24, 2.45) is 0 Å². The van der Waals surface area contributed by atoms with Crippen molar-refractivity contribution >= 4 is 40.9 Å². The van der Waals surface area contributed by atoms with Gasteiger partial charge in [0.15, 0.2) is 0 Å². The molecule has 1 aliphatic rings. The van der Waals surface area contributed by atoms with Crippen LogP contribution in [0.2, 0.25) is 10.0 Å². The zero-order valence-corrected chi connectivity index (χ0v) is 16.4. The summed E-state index contributed by atoms with van der Waals surface area (Å²) in [4.78, 5) is 12.2. The van der Waals surface area contributed by atoms with E-state index in [2.05, 4.69) is 11.4 Å². The quantitative estimate of drug-likeness (QED) is 0.726. The second-order valence-corrected chi connectivity index (χ2v) is 7.91. The maximum Gasteiger partial charge on any atom is 0.225 e. The predicted molar refractivity (Wildman–Crippen MR) is 107 cm³/mol. The minimum absolute atomic E-state index is 0.0776. The highest BCUT2D eigenvalue weighted by Crippen LogP contribution is 2.37. The number of carbonyl (C=O) groups excluding carboxylic acids is 1. The van der Waals surface area contributed by atoms with Gasteiger partial charge >= 0.3 is 0 Å². The smallest absolute Gasteiger partial charge is 0.225 e. The van der Waals surface area contributed by atoms with Crippen molar-refractivity contribution in [3.8, 4) is 6.07 Å². The molecule has 132 valence electrons. The van der Waals surface area contributed by atoms with Crippen molar-refractivity contribution in [1.29, 1.82) is 5.26 Å². The number of thioether (sulfide) groups is 1. The molecular weight excluding hydrogens is 387 g/mol. The summed E-state index contributed by atoms with van der Waals surface area (Å²) in [5.74, 6) is 0.287. The van der Waals surface area contributed by atoms with Crippen LogP contribution in [-0.2, 0) is 10.5 Å². The number of hydrogen-bond donors (Lipinski definition) is 1. The van der Waals surface area contributed by atoms with E-state index in [-0.39, 0.29) is 18.2 Å². The standard InChI is InChI=1S/C20H16Cl2N2OS/c1-12-2-5-14(6-3-12)15-9-19(25)24-20(16(15)10-23)26-11-13-4-7-17(21)18(22)8-13/h2-8,15H,9,11H2,1H3,(H,24,25)/t15-/m1/s1. The van der Waals surface area contributed by atoms with E-state index >= 15 is 0 Å². The Bertz CT molecular complexity index is 916. The highest BCUT2D eigenvalue weighted by Gasteiger charge is 2.29. The molecule has 1 amide bonds. The first-order valence-electron chi connectivity index (χ1n) is 8.05. The zero-order valence-electron chi connectivity index (χ0n) is 14.1. The number of hydrogen-bond acceptors (Lipinski definition) is 3. The average Bonchev–Trinajstić information content (AvgIpc) is 2.63. The van der Waals surface area contributed by atoms with Crippen molar-refractivity contribution in [1.82, 2.24) is 5.32 Å². The van der Waals surface area contributed by atoms with Crippen molar-refractivity contribution in [3.05, 3.63) is 79.8 Å². The van der Waals surface area contributed by atoms with Crippen LogP contribution in [0.15, 0.2) is 53.1 Å². The minimum Gasteiger partial charge on any atom is -0.320 e. The van der Waals surface area contributed by atoms with Gasteiger partial charge in [-0.3, -0.25) is 4.79 Å². The molecule has 26 heavy (non-hydrogen) atoms. The van der Waals surface area contributed by atoms with Crippen LogP contribution in [-0.4, -0.2) is 5.91 Å². The summed E-state index contributed by atoms with van der Waals surface area (Å²) in [6.07, 6.45) is 0.281. The summed E-state index contributed by atoms with van der Waals surface area (Å²) in [6, 6.07) is 15.7. The highest BCUT2D eigenvalue weighted by atomic mass is 35.5. The first kappa shape index (κ1) is 18.8. The summed E-state index contributed by atoms with van der Waals surface area (Å²) >= 11 is 13.4. The Balaban J connectivity index is 1.87. The van der Waals surface area contributed by atoms with Crippen LogP contribution < -0.4 is 5.32 Å².